The first-order valence-corrected chi connectivity index (χ1v) is 5.79. The Kier molecular flexibility index (Phi) is 1.99. The Morgan fingerprint density at radius 2 is 1.71 bits per heavy atom. The van der Waals surface area contributed by atoms with Gasteiger partial charge in [-0.1, -0.05) is 47.0 Å². The van der Waals surface area contributed by atoms with Crippen LogP contribution >= 0.6 is 34.8 Å². The van der Waals surface area contributed by atoms with Gasteiger partial charge in [-0.15, -0.1) is 0 Å². The molecule has 0 aromatic heterocycles. The fourth-order valence-electron chi connectivity index (χ4n) is 2.85. The van der Waals surface area contributed by atoms with Crippen molar-refractivity contribution in [2.45, 2.75) is 6.42 Å². The van der Waals surface area contributed by atoms with Crippen LogP contribution < -0.4 is 0 Å². The molecule has 4 heteroatoms. The van der Waals surface area contributed by atoms with Crippen molar-refractivity contribution in [3.63, 3.8) is 0 Å². The highest BCUT2D eigenvalue weighted by molar-refractivity contribution is 6.66. The van der Waals surface area contributed by atoms with E-state index < -0.39 is 0 Å². The summed E-state index contributed by atoms with van der Waals surface area (Å²) in [5.74, 6) is 1.58. The second-order valence-corrected chi connectivity index (χ2v) is 5.23. The summed E-state index contributed by atoms with van der Waals surface area (Å²) in [4.78, 5) is 4.09. The van der Waals surface area contributed by atoms with E-state index in [2.05, 4.69) is 17.1 Å². The molecule has 2 aliphatic carbocycles. The van der Waals surface area contributed by atoms with Gasteiger partial charge in [-0.3, -0.25) is 0 Å². The molecule has 0 spiro atoms. The van der Waals surface area contributed by atoms with Crippen LogP contribution in [0.25, 0.3) is 0 Å². The van der Waals surface area contributed by atoms with Gasteiger partial charge in [-0.2, -0.15) is 0 Å². The van der Waals surface area contributed by atoms with Crippen molar-refractivity contribution in [3.8, 4) is 0 Å². The first-order chi connectivity index (χ1) is 6.68. The predicted octanol–water partition coefficient (Wildman–Crippen LogP) is 3.72. The van der Waals surface area contributed by atoms with Gasteiger partial charge in [0.15, 0.2) is 0 Å². The lowest BCUT2D eigenvalue weighted by molar-refractivity contribution is 0.462. The van der Waals surface area contributed by atoms with Gasteiger partial charge in [0.2, 0.25) is 0 Å². The van der Waals surface area contributed by atoms with Crippen molar-refractivity contribution >= 4 is 40.0 Å². The standard InChI is InChI=1S/C10H8Cl3N/c11-8-6-4-1-2-5(3-4)7(6)9(12)14-10(8)13/h1-2,4-7H,3H2/t4-,5+,6?,7?/m1/s1. The summed E-state index contributed by atoms with van der Waals surface area (Å²) >= 11 is 18.2. The van der Waals surface area contributed by atoms with Crippen LogP contribution in [0.1, 0.15) is 6.42 Å². The second-order valence-electron chi connectivity index (χ2n) is 4.07. The fourth-order valence-corrected chi connectivity index (χ4v) is 3.83. The number of fused-ring (bicyclic) bond motifs is 5. The molecule has 74 valence electrons. The van der Waals surface area contributed by atoms with Gasteiger partial charge < -0.3 is 0 Å². The van der Waals surface area contributed by atoms with Crippen LogP contribution in [-0.2, 0) is 0 Å². The van der Waals surface area contributed by atoms with Crippen molar-refractivity contribution in [1.29, 1.82) is 0 Å². The van der Waals surface area contributed by atoms with Crippen LogP contribution in [-0.4, -0.2) is 5.17 Å². The third-order valence-electron chi connectivity index (χ3n) is 3.43. The minimum atomic E-state index is 0.279. The lowest BCUT2D eigenvalue weighted by Crippen LogP contribution is -2.28. The number of allylic oxidation sites excluding steroid dienone is 3. The largest absolute Gasteiger partial charge is 0.227 e. The molecule has 1 saturated carbocycles. The van der Waals surface area contributed by atoms with Crippen molar-refractivity contribution < 1.29 is 0 Å². The number of aliphatic imine (C=N–C) groups is 1. The topological polar surface area (TPSA) is 12.4 Å². The van der Waals surface area contributed by atoms with E-state index in [-0.39, 0.29) is 11.8 Å². The predicted molar refractivity (Wildman–Crippen MR) is 59.7 cm³/mol. The molecule has 0 N–H and O–H groups in total. The molecule has 1 fully saturated rings. The summed E-state index contributed by atoms with van der Waals surface area (Å²) in [6, 6.07) is 0. The molecule has 1 heterocycles. The molecule has 3 rings (SSSR count). The molecule has 1 nitrogen and oxygen atoms in total. The number of hydrogen-bond donors (Lipinski definition) is 0. The lowest BCUT2D eigenvalue weighted by Gasteiger charge is -2.29. The summed E-state index contributed by atoms with van der Waals surface area (Å²) in [5.41, 5.74) is 0. The Labute approximate surface area is 97.4 Å². The Morgan fingerprint density at radius 1 is 1.07 bits per heavy atom. The van der Waals surface area contributed by atoms with E-state index >= 15 is 0 Å². The van der Waals surface area contributed by atoms with E-state index in [1.807, 2.05) is 0 Å². The molecule has 0 aromatic carbocycles. The number of halogens is 3. The van der Waals surface area contributed by atoms with Gasteiger partial charge in [0, 0.05) is 11.8 Å². The normalized spacial score (nSPS) is 44.4. The van der Waals surface area contributed by atoms with E-state index in [4.69, 9.17) is 34.8 Å². The SMILES string of the molecule is ClC1=NC(Cl)=C(Cl)C2C1[C@H]1C=C[C@@H]2C1. The molecular weight excluding hydrogens is 240 g/mol. The van der Waals surface area contributed by atoms with Crippen LogP contribution in [0.5, 0.6) is 0 Å². The average Bonchev–Trinajstić information content (AvgIpc) is 2.73. The highest BCUT2D eigenvalue weighted by Crippen LogP contribution is 2.55. The van der Waals surface area contributed by atoms with Crippen molar-refractivity contribution in [2.75, 3.05) is 0 Å². The molecule has 3 aliphatic rings. The van der Waals surface area contributed by atoms with Crippen molar-refractivity contribution in [1.82, 2.24) is 0 Å². The zero-order valence-electron chi connectivity index (χ0n) is 7.25. The molecule has 2 unspecified atom stereocenters. The van der Waals surface area contributed by atoms with E-state index in [9.17, 15) is 0 Å². The van der Waals surface area contributed by atoms with Crippen LogP contribution in [0.15, 0.2) is 27.3 Å². The number of hydrogen-bond acceptors (Lipinski definition) is 1. The fraction of sp³-hybridized carbons (Fsp3) is 0.500. The highest BCUT2D eigenvalue weighted by Gasteiger charge is 2.50. The first-order valence-electron chi connectivity index (χ1n) is 4.66. The van der Waals surface area contributed by atoms with Crippen molar-refractivity contribution in [3.05, 3.63) is 22.3 Å². The summed E-state index contributed by atoms with van der Waals surface area (Å²) in [5, 5.41) is 1.69. The Bertz CT molecular complexity index is 383. The number of nitrogens with zero attached hydrogens (tertiary/aromatic N) is 1. The summed E-state index contributed by atoms with van der Waals surface area (Å²) < 4.78 is 0. The second kappa shape index (κ2) is 3.01. The van der Waals surface area contributed by atoms with Gasteiger partial charge in [0.1, 0.15) is 10.3 Å². The molecule has 14 heavy (non-hydrogen) atoms. The molecule has 0 radical (unpaired) electrons. The van der Waals surface area contributed by atoms with E-state index in [1.165, 1.54) is 0 Å². The maximum atomic E-state index is 6.18. The van der Waals surface area contributed by atoms with Crippen molar-refractivity contribution in [2.24, 2.45) is 28.7 Å². The third kappa shape index (κ3) is 1.07. The van der Waals surface area contributed by atoms with Gasteiger partial charge in [-0.05, 0) is 18.3 Å². The molecule has 0 saturated heterocycles. The molecule has 2 bridgehead atoms. The third-order valence-corrected chi connectivity index (χ3v) is 4.58. The molecule has 1 aliphatic heterocycles. The smallest absolute Gasteiger partial charge is 0.145 e. The van der Waals surface area contributed by atoms with E-state index in [1.54, 1.807) is 0 Å². The van der Waals surface area contributed by atoms with Crippen LogP contribution in [0.2, 0.25) is 0 Å². The van der Waals surface area contributed by atoms with Crippen LogP contribution in [0.3, 0.4) is 0 Å². The maximum absolute atomic E-state index is 6.18. The minimum Gasteiger partial charge on any atom is -0.227 e. The number of rotatable bonds is 0. The first kappa shape index (κ1) is 9.26. The molecule has 0 amide bonds. The zero-order valence-corrected chi connectivity index (χ0v) is 9.52. The Hall–Kier alpha value is 0.0200. The van der Waals surface area contributed by atoms with Gasteiger partial charge >= 0.3 is 0 Å². The van der Waals surface area contributed by atoms with Crippen LogP contribution in [0.4, 0.5) is 0 Å². The molecular formula is C10H8Cl3N. The summed E-state index contributed by atoms with van der Waals surface area (Å²) in [6.45, 7) is 0. The quantitative estimate of drug-likeness (QED) is 0.458. The maximum Gasteiger partial charge on any atom is 0.145 e. The van der Waals surface area contributed by atoms with Gasteiger partial charge in [0.05, 0.1) is 5.03 Å². The Balaban J connectivity index is 2.11. The monoisotopic (exact) mass is 247 g/mol. The highest BCUT2D eigenvalue weighted by atomic mass is 35.5. The van der Waals surface area contributed by atoms with Crippen LogP contribution in [0, 0.1) is 23.7 Å². The average molecular weight is 249 g/mol. The van der Waals surface area contributed by atoms with Gasteiger partial charge in [0.25, 0.3) is 0 Å². The van der Waals surface area contributed by atoms with Gasteiger partial charge in [-0.25, -0.2) is 4.99 Å². The summed E-state index contributed by atoms with van der Waals surface area (Å²) in [6.07, 6.45) is 5.60. The molecule has 0 aromatic rings. The van der Waals surface area contributed by atoms with E-state index in [0.717, 1.165) is 6.42 Å². The Morgan fingerprint density at radius 3 is 2.43 bits per heavy atom. The zero-order chi connectivity index (χ0) is 9.87. The molecule has 4 atom stereocenters. The summed E-state index contributed by atoms with van der Waals surface area (Å²) in [7, 11) is 0. The lowest BCUT2D eigenvalue weighted by atomic mass is 9.82. The minimum absolute atomic E-state index is 0.279. The van der Waals surface area contributed by atoms with E-state index in [0.29, 0.717) is 27.2 Å².